The molecule has 3 rings (SSSR count). The van der Waals surface area contributed by atoms with Gasteiger partial charge in [0.05, 0.1) is 5.54 Å². The van der Waals surface area contributed by atoms with E-state index in [2.05, 4.69) is 23.3 Å². The van der Waals surface area contributed by atoms with Crippen LogP contribution in [-0.2, 0) is 5.54 Å². The Labute approximate surface area is 112 Å². The van der Waals surface area contributed by atoms with Crippen molar-refractivity contribution in [2.75, 3.05) is 20.1 Å². The lowest BCUT2D eigenvalue weighted by atomic mass is 9.81. The molecule has 4 heteroatoms. The molecule has 0 aromatic heterocycles. The van der Waals surface area contributed by atoms with Crippen LogP contribution in [0.2, 0.25) is 5.02 Å². The van der Waals surface area contributed by atoms with E-state index in [4.69, 9.17) is 23.8 Å². The standard InChI is InChI=1S/C13H15ClN2S/c1-16-12(17)9-3-2-4-10(14)11(9)13(16)5-7-15-8-6-13/h2-4,15H,5-8H2,1H3. The van der Waals surface area contributed by atoms with Gasteiger partial charge in [0.15, 0.2) is 0 Å². The number of rotatable bonds is 0. The molecule has 2 nitrogen and oxygen atoms in total. The lowest BCUT2D eigenvalue weighted by Crippen LogP contribution is -2.48. The Morgan fingerprint density at radius 3 is 2.76 bits per heavy atom. The number of thiocarbonyl (C=S) groups is 1. The van der Waals surface area contributed by atoms with Crippen LogP contribution >= 0.6 is 23.8 Å². The first-order chi connectivity index (χ1) is 8.17. The van der Waals surface area contributed by atoms with E-state index >= 15 is 0 Å². The molecule has 2 aliphatic rings. The second-order valence-corrected chi connectivity index (χ2v) is 5.60. The van der Waals surface area contributed by atoms with Crippen molar-refractivity contribution >= 4 is 28.8 Å². The largest absolute Gasteiger partial charge is 0.355 e. The minimum atomic E-state index is 0.0238. The van der Waals surface area contributed by atoms with Crippen molar-refractivity contribution in [2.45, 2.75) is 18.4 Å². The average molecular weight is 267 g/mol. The predicted octanol–water partition coefficient (Wildman–Crippen LogP) is 2.54. The molecule has 1 N–H and O–H groups in total. The summed E-state index contributed by atoms with van der Waals surface area (Å²) in [6.45, 7) is 2.05. The molecule has 17 heavy (non-hydrogen) atoms. The molecule has 1 aromatic carbocycles. The summed E-state index contributed by atoms with van der Waals surface area (Å²) in [5.74, 6) is 0. The fourth-order valence-corrected chi connectivity index (χ4v) is 3.84. The maximum absolute atomic E-state index is 6.42. The van der Waals surface area contributed by atoms with E-state index in [0.717, 1.165) is 41.5 Å². The van der Waals surface area contributed by atoms with E-state index in [1.807, 2.05) is 12.1 Å². The summed E-state index contributed by atoms with van der Waals surface area (Å²) in [5.41, 5.74) is 2.42. The van der Waals surface area contributed by atoms with E-state index in [1.54, 1.807) is 0 Å². The normalized spacial score (nSPS) is 22.0. The molecule has 0 saturated carbocycles. The van der Waals surface area contributed by atoms with E-state index < -0.39 is 0 Å². The fraction of sp³-hybridized carbons (Fsp3) is 0.462. The Hall–Kier alpha value is -0.640. The molecule has 1 fully saturated rings. The number of piperidine rings is 1. The Morgan fingerprint density at radius 1 is 1.35 bits per heavy atom. The molecular weight excluding hydrogens is 252 g/mol. The first kappa shape index (κ1) is 11.5. The van der Waals surface area contributed by atoms with Gasteiger partial charge in [0, 0.05) is 23.2 Å². The summed E-state index contributed by atoms with van der Waals surface area (Å²) in [6.07, 6.45) is 2.14. The van der Waals surface area contributed by atoms with Crippen molar-refractivity contribution in [2.24, 2.45) is 0 Å². The van der Waals surface area contributed by atoms with E-state index in [0.29, 0.717) is 0 Å². The average Bonchev–Trinajstić information content (AvgIpc) is 2.55. The van der Waals surface area contributed by atoms with Gasteiger partial charge in [-0.3, -0.25) is 0 Å². The summed E-state index contributed by atoms with van der Waals surface area (Å²) in [4.78, 5) is 3.18. The topological polar surface area (TPSA) is 15.3 Å². The summed E-state index contributed by atoms with van der Waals surface area (Å²) in [6, 6.07) is 6.06. The molecule has 2 heterocycles. The molecule has 0 radical (unpaired) electrons. The van der Waals surface area contributed by atoms with Gasteiger partial charge in [-0.25, -0.2) is 0 Å². The van der Waals surface area contributed by atoms with Crippen LogP contribution in [-0.4, -0.2) is 30.0 Å². The highest BCUT2D eigenvalue weighted by Gasteiger charge is 2.47. The Morgan fingerprint density at radius 2 is 2.06 bits per heavy atom. The summed E-state index contributed by atoms with van der Waals surface area (Å²) in [5, 5.41) is 4.27. The zero-order chi connectivity index (χ0) is 12.0. The highest BCUT2D eigenvalue weighted by molar-refractivity contribution is 7.80. The molecule has 2 aliphatic heterocycles. The molecule has 0 unspecified atom stereocenters. The number of hydrogen-bond donors (Lipinski definition) is 1. The molecule has 1 spiro atoms. The second-order valence-electron chi connectivity index (χ2n) is 4.81. The van der Waals surface area contributed by atoms with Crippen LogP contribution in [0.4, 0.5) is 0 Å². The monoisotopic (exact) mass is 266 g/mol. The first-order valence-corrected chi connectivity index (χ1v) is 6.73. The molecule has 0 aliphatic carbocycles. The van der Waals surface area contributed by atoms with Crippen molar-refractivity contribution in [3.63, 3.8) is 0 Å². The van der Waals surface area contributed by atoms with Gasteiger partial charge in [0.1, 0.15) is 4.99 Å². The van der Waals surface area contributed by atoms with Crippen molar-refractivity contribution in [1.82, 2.24) is 10.2 Å². The quantitative estimate of drug-likeness (QED) is 0.727. The molecule has 1 saturated heterocycles. The lowest BCUT2D eigenvalue weighted by Gasteiger charge is -2.41. The Balaban J connectivity index is 2.21. The van der Waals surface area contributed by atoms with Gasteiger partial charge in [-0.2, -0.15) is 0 Å². The van der Waals surface area contributed by atoms with Crippen molar-refractivity contribution in [1.29, 1.82) is 0 Å². The number of nitrogens with zero attached hydrogens (tertiary/aromatic N) is 1. The van der Waals surface area contributed by atoms with Crippen LogP contribution < -0.4 is 5.32 Å². The van der Waals surface area contributed by atoms with Crippen molar-refractivity contribution in [3.8, 4) is 0 Å². The highest BCUT2D eigenvalue weighted by Crippen LogP contribution is 2.47. The first-order valence-electron chi connectivity index (χ1n) is 5.95. The molecular formula is C13H15ClN2S. The van der Waals surface area contributed by atoms with Crippen LogP contribution in [0.3, 0.4) is 0 Å². The molecule has 90 valence electrons. The number of halogens is 1. The summed E-state index contributed by atoms with van der Waals surface area (Å²) in [7, 11) is 2.10. The van der Waals surface area contributed by atoms with Gasteiger partial charge in [0.2, 0.25) is 0 Å². The number of benzene rings is 1. The molecule has 0 bridgehead atoms. The maximum atomic E-state index is 6.42. The van der Waals surface area contributed by atoms with Crippen LogP contribution in [0.15, 0.2) is 18.2 Å². The van der Waals surface area contributed by atoms with Gasteiger partial charge in [-0.15, -0.1) is 0 Å². The molecule has 1 aromatic rings. The lowest BCUT2D eigenvalue weighted by molar-refractivity contribution is 0.164. The third-order valence-electron chi connectivity index (χ3n) is 4.09. The van der Waals surface area contributed by atoms with Gasteiger partial charge in [-0.05, 0) is 32.0 Å². The smallest absolute Gasteiger partial charge is 0.110 e. The van der Waals surface area contributed by atoms with E-state index in [9.17, 15) is 0 Å². The zero-order valence-electron chi connectivity index (χ0n) is 9.79. The van der Waals surface area contributed by atoms with E-state index in [-0.39, 0.29) is 5.54 Å². The van der Waals surface area contributed by atoms with Gasteiger partial charge >= 0.3 is 0 Å². The molecule has 0 amide bonds. The van der Waals surface area contributed by atoms with Crippen LogP contribution in [0.1, 0.15) is 24.0 Å². The van der Waals surface area contributed by atoms with Crippen molar-refractivity contribution in [3.05, 3.63) is 34.3 Å². The Bertz CT molecular complexity index is 480. The van der Waals surface area contributed by atoms with Gasteiger partial charge in [0.25, 0.3) is 0 Å². The number of hydrogen-bond acceptors (Lipinski definition) is 2. The summed E-state index contributed by atoms with van der Waals surface area (Å²) >= 11 is 12.0. The van der Waals surface area contributed by atoms with Crippen LogP contribution in [0.25, 0.3) is 0 Å². The number of fused-ring (bicyclic) bond motifs is 2. The summed E-state index contributed by atoms with van der Waals surface area (Å²) < 4.78 is 0. The third-order valence-corrected chi connectivity index (χ3v) is 4.90. The maximum Gasteiger partial charge on any atom is 0.110 e. The van der Waals surface area contributed by atoms with Gasteiger partial charge < -0.3 is 10.2 Å². The van der Waals surface area contributed by atoms with Crippen LogP contribution in [0.5, 0.6) is 0 Å². The predicted molar refractivity (Wildman–Crippen MR) is 74.7 cm³/mol. The van der Waals surface area contributed by atoms with E-state index in [1.165, 1.54) is 5.56 Å². The van der Waals surface area contributed by atoms with Crippen LogP contribution in [0, 0.1) is 0 Å². The minimum absolute atomic E-state index is 0.0238. The molecule has 0 atom stereocenters. The third kappa shape index (κ3) is 1.46. The minimum Gasteiger partial charge on any atom is -0.355 e. The second kappa shape index (κ2) is 3.94. The fourth-order valence-electron chi connectivity index (χ4n) is 3.14. The van der Waals surface area contributed by atoms with Crippen molar-refractivity contribution < 1.29 is 0 Å². The number of nitrogens with one attached hydrogen (secondary N) is 1. The zero-order valence-corrected chi connectivity index (χ0v) is 11.4. The SMILES string of the molecule is CN1C(=S)c2cccc(Cl)c2C12CCNCC2. The van der Waals surface area contributed by atoms with Gasteiger partial charge in [-0.1, -0.05) is 36.0 Å². The highest BCUT2D eigenvalue weighted by atomic mass is 35.5. The Kier molecular flexibility index (Phi) is 2.65.